The highest BCUT2D eigenvalue weighted by molar-refractivity contribution is 6.31. The lowest BCUT2D eigenvalue weighted by molar-refractivity contribution is 0.0292. The summed E-state index contributed by atoms with van der Waals surface area (Å²) < 4.78 is 5.66. The number of halogens is 1. The molecule has 15 heavy (non-hydrogen) atoms. The number of hydrogen-bond acceptors (Lipinski definition) is 2. The maximum Gasteiger partial charge on any atom is 0.0740 e. The molecule has 1 saturated heterocycles. The van der Waals surface area contributed by atoms with Crippen LogP contribution in [0.25, 0.3) is 0 Å². The van der Waals surface area contributed by atoms with Gasteiger partial charge in [-0.3, -0.25) is 0 Å². The smallest absolute Gasteiger partial charge is 0.0740 e. The minimum absolute atomic E-state index is 0.305. The molecule has 1 aliphatic rings. The van der Waals surface area contributed by atoms with Crippen LogP contribution in [-0.2, 0) is 11.2 Å². The minimum Gasteiger partial charge on any atom is -0.375 e. The third-order valence-corrected chi connectivity index (χ3v) is 3.11. The molecule has 2 nitrogen and oxygen atoms in total. The van der Waals surface area contributed by atoms with E-state index in [4.69, 9.17) is 16.3 Å². The largest absolute Gasteiger partial charge is 0.375 e. The van der Waals surface area contributed by atoms with Gasteiger partial charge in [0.05, 0.1) is 12.7 Å². The summed E-state index contributed by atoms with van der Waals surface area (Å²) in [4.78, 5) is 0. The van der Waals surface area contributed by atoms with E-state index in [2.05, 4.69) is 17.4 Å². The van der Waals surface area contributed by atoms with Crippen molar-refractivity contribution in [3.8, 4) is 0 Å². The van der Waals surface area contributed by atoms with Crippen LogP contribution in [0.15, 0.2) is 18.2 Å². The van der Waals surface area contributed by atoms with E-state index < -0.39 is 0 Å². The normalized spacial score (nSPS) is 21.6. The van der Waals surface area contributed by atoms with Crippen LogP contribution in [0.3, 0.4) is 0 Å². The molecule has 1 atom stereocenters. The molecule has 0 amide bonds. The van der Waals surface area contributed by atoms with Gasteiger partial charge in [0.1, 0.15) is 0 Å². The second kappa shape index (κ2) is 4.97. The maximum atomic E-state index is 5.98. The first-order valence-corrected chi connectivity index (χ1v) is 5.71. The van der Waals surface area contributed by atoms with Crippen molar-refractivity contribution < 1.29 is 4.74 Å². The van der Waals surface area contributed by atoms with E-state index in [1.807, 2.05) is 13.0 Å². The van der Waals surface area contributed by atoms with Crippen LogP contribution in [0.1, 0.15) is 11.1 Å². The van der Waals surface area contributed by atoms with Crippen molar-refractivity contribution in [1.29, 1.82) is 0 Å². The lowest BCUT2D eigenvalue weighted by atomic mass is 10.0. The molecule has 0 aromatic heterocycles. The zero-order valence-corrected chi connectivity index (χ0v) is 9.68. The SMILES string of the molecule is Cc1cc(CC2CNCCO2)ccc1Cl. The van der Waals surface area contributed by atoms with Gasteiger partial charge >= 0.3 is 0 Å². The van der Waals surface area contributed by atoms with Crippen LogP contribution in [-0.4, -0.2) is 25.8 Å². The van der Waals surface area contributed by atoms with Crippen LogP contribution in [0.5, 0.6) is 0 Å². The number of morpholine rings is 1. The molecule has 0 saturated carbocycles. The van der Waals surface area contributed by atoms with E-state index in [0.29, 0.717) is 6.10 Å². The van der Waals surface area contributed by atoms with Gasteiger partial charge < -0.3 is 10.1 Å². The van der Waals surface area contributed by atoms with Gasteiger partial charge in [0, 0.05) is 18.1 Å². The summed E-state index contributed by atoms with van der Waals surface area (Å²) in [6.07, 6.45) is 1.27. The van der Waals surface area contributed by atoms with Gasteiger partial charge in [0.2, 0.25) is 0 Å². The molecular formula is C12H16ClNO. The van der Waals surface area contributed by atoms with Crippen LogP contribution in [0.4, 0.5) is 0 Å². The Morgan fingerprint density at radius 2 is 2.40 bits per heavy atom. The summed E-state index contributed by atoms with van der Waals surface area (Å²) in [5.74, 6) is 0. The lowest BCUT2D eigenvalue weighted by Crippen LogP contribution is -2.39. The van der Waals surface area contributed by atoms with Gasteiger partial charge in [0.25, 0.3) is 0 Å². The van der Waals surface area contributed by atoms with Crippen LogP contribution >= 0.6 is 11.6 Å². The molecule has 0 spiro atoms. The zero-order chi connectivity index (χ0) is 10.7. The molecule has 0 aliphatic carbocycles. The van der Waals surface area contributed by atoms with Crippen LogP contribution in [0, 0.1) is 6.92 Å². The highest BCUT2D eigenvalue weighted by atomic mass is 35.5. The highest BCUT2D eigenvalue weighted by Gasteiger charge is 2.13. The number of ether oxygens (including phenoxy) is 1. The Balaban J connectivity index is 2.00. The minimum atomic E-state index is 0.305. The second-order valence-electron chi connectivity index (χ2n) is 3.98. The zero-order valence-electron chi connectivity index (χ0n) is 8.92. The van der Waals surface area contributed by atoms with Crippen molar-refractivity contribution in [1.82, 2.24) is 5.32 Å². The van der Waals surface area contributed by atoms with Crippen LogP contribution in [0.2, 0.25) is 5.02 Å². The third kappa shape index (κ3) is 2.94. The van der Waals surface area contributed by atoms with Crippen molar-refractivity contribution in [3.63, 3.8) is 0 Å². The fourth-order valence-corrected chi connectivity index (χ4v) is 1.97. The van der Waals surface area contributed by atoms with Crippen molar-refractivity contribution in [2.45, 2.75) is 19.4 Å². The van der Waals surface area contributed by atoms with E-state index in [9.17, 15) is 0 Å². The number of aryl methyl sites for hydroxylation is 1. The first-order chi connectivity index (χ1) is 7.25. The average molecular weight is 226 g/mol. The monoisotopic (exact) mass is 225 g/mol. The molecule has 3 heteroatoms. The van der Waals surface area contributed by atoms with Crippen molar-refractivity contribution >= 4 is 11.6 Å². The van der Waals surface area contributed by atoms with Gasteiger partial charge in [-0.15, -0.1) is 0 Å². The van der Waals surface area contributed by atoms with E-state index in [1.54, 1.807) is 0 Å². The molecule has 1 aromatic carbocycles. The first kappa shape index (κ1) is 10.9. The Bertz CT molecular complexity index is 334. The Labute approximate surface area is 95.6 Å². The summed E-state index contributed by atoms with van der Waals surface area (Å²) in [6, 6.07) is 6.18. The van der Waals surface area contributed by atoms with Crippen molar-refractivity contribution in [2.24, 2.45) is 0 Å². The molecule has 2 rings (SSSR count). The van der Waals surface area contributed by atoms with Gasteiger partial charge in [-0.25, -0.2) is 0 Å². The fourth-order valence-electron chi connectivity index (χ4n) is 1.85. The number of nitrogens with one attached hydrogen (secondary N) is 1. The molecule has 0 bridgehead atoms. The number of rotatable bonds is 2. The quantitative estimate of drug-likeness (QED) is 0.833. The summed E-state index contributed by atoms with van der Waals surface area (Å²) >= 11 is 5.98. The molecular weight excluding hydrogens is 210 g/mol. The first-order valence-electron chi connectivity index (χ1n) is 5.33. The fraction of sp³-hybridized carbons (Fsp3) is 0.500. The Hall–Kier alpha value is -0.570. The maximum absolute atomic E-state index is 5.98. The molecule has 1 aliphatic heterocycles. The predicted molar refractivity (Wildman–Crippen MR) is 62.5 cm³/mol. The molecule has 1 N–H and O–H groups in total. The summed E-state index contributed by atoms with van der Waals surface area (Å²) in [5, 5.41) is 4.16. The van der Waals surface area contributed by atoms with E-state index in [1.165, 1.54) is 5.56 Å². The standard InChI is InChI=1S/C12H16ClNO/c1-9-6-10(2-3-12(9)13)7-11-8-14-4-5-15-11/h2-3,6,11,14H,4-5,7-8H2,1H3. The molecule has 1 unspecified atom stereocenters. The third-order valence-electron chi connectivity index (χ3n) is 2.69. The van der Waals surface area contributed by atoms with E-state index >= 15 is 0 Å². The Kier molecular flexibility index (Phi) is 3.62. The number of benzene rings is 1. The van der Waals surface area contributed by atoms with Gasteiger partial charge in [-0.05, 0) is 30.5 Å². The Morgan fingerprint density at radius 1 is 1.53 bits per heavy atom. The predicted octanol–water partition coefficient (Wildman–Crippen LogP) is 2.18. The molecule has 1 aromatic rings. The second-order valence-corrected chi connectivity index (χ2v) is 4.39. The topological polar surface area (TPSA) is 21.3 Å². The van der Waals surface area contributed by atoms with Crippen molar-refractivity contribution in [3.05, 3.63) is 34.3 Å². The molecule has 1 fully saturated rings. The van der Waals surface area contributed by atoms with Crippen LogP contribution < -0.4 is 5.32 Å². The summed E-state index contributed by atoms with van der Waals surface area (Å²) in [7, 11) is 0. The summed E-state index contributed by atoms with van der Waals surface area (Å²) in [6.45, 7) is 4.76. The number of hydrogen-bond donors (Lipinski definition) is 1. The van der Waals surface area contributed by atoms with Crippen molar-refractivity contribution in [2.75, 3.05) is 19.7 Å². The molecule has 0 radical (unpaired) electrons. The highest BCUT2D eigenvalue weighted by Crippen LogP contribution is 2.18. The van der Waals surface area contributed by atoms with Gasteiger partial charge in [-0.1, -0.05) is 23.7 Å². The lowest BCUT2D eigenvalue weighted by Gasteiger charge is -2.23. The van der Waals surface area contributed by atoms with Gasteiger partial charge in [-0.2, -0.15) is 0 Å². The molecule has 1 heterocycles. The molecule has 82 valence electrons. The van der Waals surface area contributed by atoms with E-state index in [0.717, 1.165) is 36.7 Å². The van der Waals surface area contributed by atoms with Gasteiger partial charge in [0.15, 0.2) is 0 Å². The summed E-state index contributed by atoms with van der Waals surface area (Å²) in [5.41, 5.74) is 2.43. The average Bonchev–Trinajstić information content (AvgIpc) is 2.25. The van der Waals surface area contributed by atoms with E-state index in [-0.39, 0.29) is 0 Å². The Morgan fingerprint density at radius 3 is 3.07 bits per heavy atom.